The Morgan fingerprint density at radius 3 is 2.25 bits per heavy atom. The van der Waals surface area contributed by atoms with Gasteiger partial charge in [0.05, 0.1) is 13.2 Å². The molecule has 32 heavy (non-hydrogen) atoms. The highest BCUT2D eigenvalue weighted by Gasteiger charge is 2.43. The first kappa shape index (κ1) is 25.2. The predicted molar refractivity (Wildman–Crippen MR) is 122 cm³/mol. The Morgan fingerprint density at radius 2 is 1.66 bits per heavy atom. The molecule has 0 aliphatic rings. The first-order valence-corrected chi connectivity index (χ1v) is 10.6. The van der Waals surface area contributed by atoms with E-state index in [9.17, 15) is 19.8 Å². The van der Waals surface area contributed by atoms with Gasteiger partial charge >= 0.3 is 12.1 Å². The van der Waals surface area contributed by atoms with Crippen LogP contribution in [0.15, 0.2) is 54.6 Å². The first-order chi connectivity index (χ1) is 15.0. The van der Waals surface area contributed by atoms with Gasteiger partial charge in [-0.05, 0) is 50.8 Å². The van der Waals surface area contributed by atoms with Gasteiger partial charge in [0.15, 0.2) is 0 Å². The van der Waals surface area contributed by atoms with E-state index in [1.807, 2.05) is 30.3 Å². The summed E-state index contributed by atoms with van der Waals surface area (Å²) in [4.78, 5) is 25.1. The molecule has 0 spiro atoms. The van der Waals surface area contributed by atoms with Crippen LogP contribution in [0, 0.1) is 0 Å². The van der Waals surface area contributed by atoms with Gasteiger partial charge in [-0.25, -0.2) is 9.59 Å². The number of alkyl carbamates (subject to hydrolysis) is 1. The van der Waals surface area contributed by atoms with E-state index in [-0.39, 0.29) is 12.8 Å². The van der Waals surface area contributed by atoms with E-state index in [2.05, 4.69) is 5.32 Å². The van der Waals surface area contributed by atoms with E-state index in [1.54, 1.807) is 45.0 Å². The number of carboxylic acids is 1. The largest absolute Gasteiger partial charge is 0.496 e. The molecule has 1 unspecified atom stereocenters. The van der Waals surface area contributed by atoms with E-state index in [1.165, 1.54) is 7.11 Å². The molecular formula is C25H33NO6. The quantitative estimate of drug-likeness (QED) is 0.513. The van der Waals surface area contributed by atoms with Crippen LogP contribution >= 0.6 is 0 Å². The number of hydrogen-bond donors (Lipinski definition) is 3. The molecule has 0 aromatic heterocycles. The molecule has 2 rings (SSSR count). The SMILES string of the molecule is COc1ccccc1C[C@](CC(O)CCc1ccccc1)(NC(=O)OC(C)(C)C)C(=O)O. The van der Waals surface area contributed by atoms with Gasteiger partial charge in [0.2, 0.25) is 0 Å². The maximum atomic E-state index is 12.6. The number of nitrogens with one attached hydrogen (secondary N) is 1. The molecule has 0 saturated heterocycles. The van der Waals surface area contributed by atoms with Crippen molar-refractivity contribution in [2.24, 2.45) is 0 Å². The number of hydrogen-bond acceptors (Lipinski definition) is 5. The molecule has 0 aliphatic carbocycles. The summed E-state index contributed by atoms with van der Waals surface area (Å²) in [6.45, 7) is 5.10. The third-order valence-electron chi connectivity index (χ3n) is 5.03. The summed E-state index contributed by atoms with van der Waals surface area (Å²) in [5.74, 6) is -0.754. The predicted octanol–water partition coefficient (Wildman–Crippen LogP) is 3.97. The molecule has 7 nitrogen and oxygen atoms in total. The number of carbonyl (C=O) groups excluding carboxylic acids is 1. The minimum atomic E-state index is -1.78. The molecule has 1 amide bonds. The number of rotatable bonds is 10. The number of carboxylic acid groups (broad SMARTS) is 1. The van der Waals surface area contributed by atoms with Gasteiger partial charge < -0.3 is 25.0 Å². The maximum Gasteiger partial charge on any atom is 0.408 e. The summed E-state index contributed by atoms with van der Waals surface area (Å²) < 4.78 is 10.7. The highest BCUT2D eigenvalue weighted by molar-refractivity contribution is 5.85. The number of aryl methyl sites for hydroxylation is 1. The summed E-state index contributed by atoms with van der Waals surface area (Å²) in [5.41, 5.74) is -0.946. The van der Waals surface area contributed by atoms with Crippen LogP contribution in [0.3, 0.4) is 0 Å². The van der Waals surface area contributed by atoms with Crippen molar-refractivity contribution in [3.05, 3.63) is 65.7 Å². The summed E-state index contributed by atoms with van der Waals surface area (Å²) in [5, 5.41) is 23.5. The zero-order valence-corrected chi connectivity index (χ0v) is 19.1. The number of para-hydroxylation sites is 1. The second kappa shape index (κ2) is 11.0. The van der Waals surface area contributed by atoms with Gasteiger partial charge in [0, 0.05) is 12.8 Å². The van der Waals surface area contributed by atoms with Crippen LogP contribution in [0.5, 0.6) is 5.75 Å². The van der Waals surface area contributed by atoms with Crippen molar-refractivity contribution in [2.75, 3.05) is 7.11 Å². The zero-order valence-electron chi connectivity index (χ0n) is 19.1. The number of amides is 1. The van der Waals surface area contributed by atoms with Crippen molar-refractivity contribution < 1.29 is 29.3 Å². The lowest BCUT2D eigenvalue weighted by atomic mass is 9.83. The lowest BCUT2D eigenvalue weighted by molar-refractivity contribution is -0.146. The van der Waals surface area contributed by atoms with Crippen molar-refractivity contribution in [2.45, 2.75) is 63.7 Å². The molecule has 0 heterocycles. The molecule has 2 aromatic carbocycles. The van der Waals surface area contributed by atoms with Crippen molar-refractivity contribution in [1.29, 1.82) is 0 Å². The fourth-order valence-electron chi connectivity index (χ4n) is 3.54. The molecule has 0 fully saturated rings. The lowest BCUT2D eigenvalue weighted by Crippen LogP contribution is -2.58. The molecule has 0 bridgehead atoms. The molecule has 2 aromatic rings. The van der Waals surface area contributed by atoms with E-state index in [0.29, 0.717) is 24.2 Å². The third-order valence-corrected chi connectivity index (χ3v) is 5.03. The fraction of sp³-hybridized carbons (Fsp3) is 0.440. The minimum Gasteiger partial charge on any atom is -0.496 e. The van der Waals surface area contributed by atoms with Gasteiger partial charge in [-0.1, -0.05) is 48.5 Å². The second-order valence-corrected chi connectivity index (χ2v) is 8.88. The fourth-order valence-corrected chi connectivity index (χ4v) is 3.54. The van der Waals surface area contributed by atoms with Crippen LogP contribution in [-0.4, -0.2) is 46.6 Å². The van der Waals surface area contributed by atoms with E-state index >= 15 is 0 Å². The second-order valence-electron chi connectivity index (χ2n) is 8.88. The number of aliphatic carboxylic acids is 1. The van der Waals surface area contributed by atoms with E-state index in [0.717, 1.165) is 5.56 Å². The monoisotopic (exact) mass is 443 g/mol. The van der Waals surface area contributed by atoms with Gasteiger partial charge in [-0.3, -0.25) is 0 Å². The van der Waals surface area contributed by atoms with Crippen molar-refractivity contribution in [3.63, 3.8) is 0 Å². The molecule has 0 saturated carbocycles. The van der Waals surface area contributed by atoms with Crippen LogP contribution in [-0.2, 0) is 22.4 Å². The normalized spacial score (nSPS) is 14.2. The van der Waals surface area contributed by atoms with Gasteiger partial charge in [-0.2, -0.15) is 0 Å². The molecule has 2 atom stereocenters. The number of aliphatic hydroxyl groups is 1. The Morgan fingerprint density at radius 1 is 1.03 bits per heavy atom. The van der Waals surface area contributed by atoms with Crippen LogP contribution < -0.4 is 10.1 Å². The first-order valence-electron chi connectivity index (χ1n) is 10.6. The van der Waals surface area contributed by atoms with E-state index in [4.69, 9.17) is 9.47 Å². The summed E-state index contributed by atoms with van der Waals surface area (Å²) in [7, 11) is 1.50. The highest BCUT2D eigenvalue weighted by Crippen LogP contribution is 2.28. The number of methoxy groups -OCH3 is 1. The van der Waals surface area contributed by atoms with Crippen molar-refractivity contribution in [1.82, 2.24) is 5.32 Å². The smallest absolute Gasteiger partial charge is 0.408 e. The van der Waals surface area contributed by atoms with E-state index < -0.39 is 29.3 Å². The van der Waals surface area contributed by atoms with Crippen LogP contribution in [0.2, 0.25) is 0 Å². The highest BCUT2D eigenvalue weighted by atomic mass is 16.6. The van der Waals surface area contributed by atoms with Crippen molar-refractivity contribution in [3.8, 4) is 5.75 Å². The zero-order chi connectivity index (χ0) is 23.8. The Kier molecular flexibility index (Phi) is 8.66. The number of aliphatic hydroxyl groups excluding tert-OH is 1. The number of ether oxygens (including phenoxy) is 2. The topological polar surface area (TPSA) is 105 Å². The van der Waals surface area contributed by atoms with Gasteiger partial charge in [0.1, 0.15) is 16.9 Å². The lowest BCUT2D eigenvalue weighted by Gasteiger charge is -2.34. The Bertz CT molecular complexity index is 893. The maximum absolute atomic E-state index is 12.6. The molecule has 0 aliphatic heterocycles. The van der Waals surface area contributed by atoms with Gasteiger partial charge in [0.25, 0.3) is 0 Å². The number of benzene rings is 2. The molecule has 7 heteroatoms. The number of carbonyl (C=O) groups is 2. The average Bonchev–Trinajstić information content (AvgIpc) is 2.71. The van der Waals surface area contributed by atoms with Gasteiger partial charge in [-0.15, -0.1) is 0 Å². The third kappa shape index (κ3) is 7.57. The Balaban J connectivity index is 2.29. The van der Waals surface area contributed by atoms with Crippen LogP contribution in [0.4, 0.5) is 4.79 Å². The van der Waals surface area contributed by atoms with Crippen molar-refractivity contribution >= 4 is 12.1 Å². The summed E-state index contributed by atoms with van der Waals surface area (Å²) in [6, 6.07) is 16.6. The summed E-state index contributed by atoms with van der Waals surface area (Å²) in [6.07, 6.45) is -1.15. The minimum absolute atomic E-state index is 0.0754. The Hall–Kier alpha value is -3.06. The van der Waals surface area contributed by atoms with Crippen LogP contribution in [0.1, 0.15) is 44.7 Å². The molecule has 3 N–H and O–H groups in total. The van der Waals surface area contributed by atoms with Crippen LogP contribution in [0.25, 0.3) is 0 Å². The Labute approximate surface area is 189 Å². The standard InChI is InChI=1S/C25H33NO6/c1-24(2,3)32-23(30)26-25(22(28)29,16-19-12-8-9-13-21(19)31-4)17-20(27)15-14-18-10-6-5-7-11-18/h5-13,20,27H,14-17H2,1-4H3,(H,26,30)(H,28,29)/t20?,25-/m1/s1. The molecule has 174 valence electrons. The summed E-state index contributed by atoms with van der Waals surface area (Å²) >= 11 is 0. The average molecular weight is 444 g/mol. The molecule has 0 radical (unpaired) electrons. The molecular weight excluding hydrogens is 410 g/mol.